The highest BCUT2D eigenvalue weighted by molar-refractivity contribution is 6.35. The zero-order valence-corrected chi connectivity index (χ0v) is 18.5. The zero-order valence-electron chi connectivity index (χ0n) is 17.8. The van der Waals surface area contributed by atoms with E-state index >= 15 is 0 Å². The van der Waals surface area contributed by atoms with Crippen LogP contribution in [0, 0.1) is 0 Å². The van der Waals surface area contributed by atoms with Crippen molar-refractivity contribution in [2.75, 3.05) is 12.3 Å². The lowest BCUT2D eigenvalue weighted by Gasteiger charge is -2.29. The maximum atomic E-state index is 13.6. The normalized spacial score (nSPS) is 16.6. The molecule has 0 bridgehead atoms. The number of nitrogens with two attached hydrogens (primary N) is 1. The first-order valence-corrected chi connectivity index (χ1v) is 10.6. The van der Waals surface area contributed by atoms with Crippen LogP contribution < -0.4 is 11.3 Å². The Morgan fingerprint density at radius 1 is 1.23 bits per heavy atom. The molecule has 2 heterocycles. The van der Waals surface area contributed by atoms with Crippen LogP contribution in [-0.4, -0.2) is 32.7 Å². The van der Waals surface area contributed by atoms with E-state index < -0.39 is 17.7 Å². The van der Waals surface area contributed by atoms with Gasteiger partial charge in [0.25, 0.3) is 5.56 Å². The fraction of sp³-hybridized carbons (Fsp3) is 0.348. The number of likely N-dealkylation sites (tertiary alicyclic amines) is 1. The molecule has 0 radical (unpaired) electrons. The molecule has 8 heteroatoms. The van der Waals surface area contributed by atoms with E-state index in [1.165, 1.54) is 4.57 Å². The van der Waals surface area contributed by atoms with E-state index in [-0.39, 0.29) is 5.56 Å². The van der Waals surface area contributed by atoms with Crippen molar-refractivity contribution in [3.8, 4) is 5.69 Å². The molecule has 1 fully saturated rings. The SMILES string of the molecule is CC(C)(C)OC(=O)N1CCCC1c1nc2cccc(Cl)c2c(=O)n1-c1cccc(N)c1. The van der Waals surface area contributed by atoms with Crippen molar-refractivity contribution in [1.82, 2.24) is 14.5 Å². The van der Waals surface area contributed by atoms with Gasteiger partial charge in [-0.15, -0.1) is 0 Å². The summed E-state index contributed by atoms with van der Waals surface area (Å²) in [5, 5.41) is 0.659. The Morgan fingerprint density at radius 3 is 2.68 bits per heavy atom. The highest BCUT2D eigenvalue weighted by atomic mass is 35.5. The molecule has 1 unspecified atom stereocenters. The van der Waals surface area contributed by atoms with Crippen molar-refractivity contribution < 1.29 is 9.53 Å². The van der Waals surface area contributed by atoms with Crippen molar-refractivity contribution in [3.05, 3.63) is 63.7 Å². The van der Waals surface area contributed by atoms with Gasteiger partial charge in [0.15, 0.2) is 0 Å². The fourth-order valence-electron chi connectivity index (χ4n) is 3.92. The molecule has 162 valence electrons. The molecule has 2 N–H and O–H groups in total. The van der Waals surface area contributed by atoms with Gasteiger partial charge in [0.2, 0.25) is 0 Å². The second kappa shape index (κ2) is 7.89. The number of anilines is 1. The van der Waals surface area contributed by atoms with E-state index in [1.807, 2.05) is 20.8 Å². The van der Waals surface area contributed by atoms with E-state index in [4.69, 9.17) is 27.1 Å². The van der Waals surface area contributed by atoms with E-state index in [0.29, 0.717) is 46.1 Å². The maximum absolute atomic E-state index is 13.6. The molecule has 1 aliphatic rings. The summed E-state index contributed by atoms with van der Waals surface area (Å²) < 4.78 is 7.12. The highest BCUT2D eigenvalue weighted by Crippen LogP contribution is 2.34. The van der Waals surface area contributed by atoms with Crippen LogP contribution in [0.2, 0.25) is 5.02 Å². The molecule has 0 aliphatic carbocycles. The lowest BCUT2D eigenvalue weighted by atomic mass is 10.1. The van der Waals surface area contributed by atoms with Crippen molar-refractivity contribution in [2.45, 2.75) is 45.3 Å². The summed E-state index contributed by atoms with van der Waals surface area (Å²) in [6, 6.07) is 11.8. The van der Waals surface area contributed by atoms with Crippen LogP contribution in [0.3, 0.4) is 0 Å². The number of carbonyl (C=O) groups excluding carboxylic acids is 1. The van der Waals surface area contributed by atoms with Crippen LogP contribution >= 0.6 is 11.6 Å². The van der Waals surface area contributed by atoms with E-state index in [2.05, 4.69) is 0 Å². The summed E-state index contributed by atoms with van der Waals surface area (Å²) in [6.07, 6.45) is 1.03. The third-order valence-corrected chi connectivity index (χ3v) is 5.49. The Labute approximate surface area is 185 Å². The summed E-state index contributed by atoms with van der Waals surface area (Å²) in [7, 11) is 0. The molecule has 1 atom stereocenters. The summed E-state index contributed by atoms with van der Waals surface area (Å²) in [5.41, 5.74) is 6.65. The highest BCUT2D eigenvalue weighted by Gasteiger charge is 2.36. The van der Waals surface area contributed by atoms with Gasteiger partial charge in [-0.25, -0.2) is 9.78 Å². The molecule has 7 nitrogen and oxygen atoms in total. The molecule has 1 aromatic heterocycles. The number of rotatable bonds is 2. The number of ether oxygens (including phenoxy) is 1. The first-order valence-electron chi connectivity index (χ1n) is 10.2. The number of nitrogens with zero attached hydrogens (tertiary/aromatic N) is 3. The van der Waals surface area contributed by atoms with Gasteiger partial charge in [0.05, 0.1) is 27.7 Å². The number of benzene rings is 2. The molecule has 1 saturated heterocycles. The average Bonchev–Trinajstić information content (AvgIpc) is 3.16. The summed E-state index contributed by atoms with van der Waals surface area (Å²) >= 11 is 6.35. The lowest BCUT2D eigenvalue weighted by Crippen LogP contribution is -2.38. The van der Waals surface area contributed by atoms with Gasteiger partial charge in [-0.1, -0.05) is 23.7 Å². The second-order valence-corrected chi connectivity index (χ2v) is 9.08. The van der Waals surface area contributed by atoms with E-state index in [0.717, 1.165) is 6.42 Å². The summed E-state index contributed by atoms with van der Waals surface area (Å²) in [4.78, 5) is 33.0. The minimum atomic E-state index is -0.623. The third kappa shape index (κ3) is 4.10. The fourth-order valence-corrected chi connectivity index (χ4v) is 4.17. The zero-order chi connectivity index (χ0) is 22.3. The van der Waals surface area contributed by atoms with Crippen LogP contribution in [0.25, 0.3) is 16.6 Å². The topological polar surface area (TPSA) is 90.5 Å². The monoisotopic (exact) mass is 440 g/mol. The number of amides is 1. The van der Waals surface area contributed by atoms with Gasteiger partial charge in [0.1, 0.15) is 11.4 Å². The Hall–Kier alpha value is -3.06. The predicted molar refractivity (Wildman–Crippen MR) is 122 cm³/mol. The molecule has 31 heavy (non-hydrogen) atoms. The Morgan fingerprint density at radius 2 is 1.97 bits per heavy atom. The van der Waals surface area contributed by atoms with Crippen molar-refractivity contribution in [1.29, 1.82) is 0 Å². The van der Waals surface area contributed by atoms with Gasteiger partial charge in [-0.3, -0.25) is 14.3 Å². The molecular formula is C23H25ClN4O3. The molecule has 0 spiro atoms. The van der Waals surface area contributed by atoms with Gasteiger partial charge >= 0.3 is 6.09 Å². The molecule has 2 aromatic carbocycles. The molecular weight excluding hydrogens is 416 g/mol. The molecule has 3 aromatic rings. The number of hydrogen-bond donors (Lipinski definition) is 1. The number of halogens is 1. The van der Waals surface area contributed by atoms with Crippen LogP contribution in [0.15, 0.2) is 47.3 Å². The largest absolute Gasteiger partial charge is 0.444 e. The lowest BCUT2D eigenvalue weighted by molar-refractivity contribution is 0.0216. The number of hydrogen-bond acceptors (Lipinski definition) is 5. The van der Waals surface area contributed by atoms with Gasteiger partial charge < -0.3 is 10.5 Å². The number of nitrogen functional groups attached to an aromatic ring is 1. The maximum Gasteiger partial charge on any atom is 0.410 e. The smallest absolute Gasteiger partial charge is 0.410 e. The van der Waals surface area contributed by atoms with Gasteiger partial charge in [-0.2, -0.15) is 0 Å². The minimum Gasteiger partial charge on any atom is -0.444 e. The number of aromatic nitrogens is 2. The van der Waals surface area contributed by atoms with Gasteiger partial charge in [-0.05, 0) is 63.9 Å². The molecule has 4 rings (SSSR count). The van der Waals surface area contributed by atoms with E-state index in [1.54, 1.807) is 47.4 Å². The Kier molecular flexibility index (Phi) is 5.39. The van der Waals surface area contributed by atoms with Crippen molar-refractivity contribution in [2.24, 2.45) is 0 Å². The van der Waals surface area contributed by atoms with Crippen LogP contribution in [0.1, 0.15) is 45.5 Å². The van der Waals surface area contributed by atoms with Gasteiger partial charge in [0, 0.05) is 12.2 Å². The number of fused-ring (bicyclic) bond motifs is 1. The van der Waals surface area contributed by atoms with Crippen LogP contribution in [-0.2, 0) is 4.74 Å². The predicted octanol–water partition coefficient (Wildman–Crippen LogP) is 4.69. The van der Waals surface area contributed by atoms with Crippen molar-refractivity contribution >= 4 is 34.3 Å². The molecule has 0 saturated carbocycles. The second-order valence-electron chi connectivity index (χ2n) is 8.67. The third-order valence-electron chi connectivity index (χ3n) is 5.18. The Bertz CT molecular complexity index is 1220. The van der Waals surface area contributed by atoms with Crippen LogP contribution in [0.5, 0.6) is 0 Å². The van der Waals surface area contributed by atoms with Crippen molar-refractivity contribution in [3.63, 3.8) is 0 Å². The Balaban J connectivity index is 1.93. The van der Waals surface area contributed by atoms with Crippen LogP contribution in [0.4, 0.5) is 10.5 Å². The summed E-state index contributed by atoms with van der Waals surface area (Å²) in [6.45, 7) is 6.01. The molecule has 1 amide bonds. The quantitative estimate of drug-likeness (QED) is 0.583. The minimum absolute atomic E-state index is 0.299. The standard InChI is InChI=1S/C23H25ClN4O3/c1-23(2,3)31-22(30)27-12-6-11-18(27)20-26-17-10-5-9-16(24)19(17)21(29)28(20)15-8-4-7-14(25)13-15/h4-5,7-10,13,18H,6,11-12,25H2,1-3H3. The first-order chi connectivity index (χ1) is 14.7. The first kappa shape index (κ1) is 21.2. The average molecular weight is 441 g/mol. The van der Waals surface area contributed by atoms with E-state index in [9.17, 15) is 9.59 Å². The number of carbonyl (C=O) groups is 1. The molecule has 1 aliphatic heterocycles. The summed E-state index contributed by atoms with van der Waals surface area (Å²) in [5.74, 6) is 0.466.